The molecule has 3 N–H and O–H groups in total. The minimum atomic E-state index is -1.42. The second-order valence-electron chi connectivity index (χ2n) is 4.72. The lowest BCUT2D eigenvalue weighted by Crippen LogP contribution is -2.61. The van der Waals surface area contributed by atoms with Crippen molar-refractivity contribution in [3.63, 3.8) is 0 Å². The Morgan fingerprint density at radius 1 is 0.947 bits per heavy atom. The summed E-state index contributed by atoms with van der Waals surface area (Å²) in [5.41, 5.74) is 0.828. The minimum absolute atomic E-state index is 0.186. The monoisotopic (exact) mass is 268 g/mol. The molecule has 0 spiro atoms. The van der Waals surface area contributed by atoms with Crippen LogP contribution >= 0.6 is 0 Å². The first kappa shape index (κ1) is 13.0. The Hall–Kier alpha value is -1.02. The Morgan fingerprint density at radius 2 is 1.68 bits per heavy atom. The standard InChI is InChI=1S/C13H16O6/c14-9-10(15)12(16)18-8-6-17-13(19-11(8)9)7-4-2-1-3-5-7/h1-5,8-16H,6H2/t8-,9?,10?,11-,12-,13?/m0/s1. The van der Waals surface area contributed by atoms with Crippen molar-refractivity contribution in [2.45, 2.75) is 37.0 Å². The zero-order chi connectivity index (χ0) is 13.4. The highest BCUT2D eigenvalue weighted by Crippen LogP contribution is 2.33. The first-order chi connectivity index (χ1) is 9.16. The third-order valence-corrected chi connectivity index (χ3v) is 3.42. The summed E-state index contributed by atoms with van der Waals surface area (Å²) >= 11 is 0. The van der Waals surface area contributed by atoms with E-state index in [1.54, 1.807) is 0 Å². The Labute approximate surface area is 110 Å². The summed E-state index contributed by atoms with van der Waals surface area (Å²) in [5.74, 6) is 0. The van der Waals surface area contributed by atoms with E-state index < -0.39 is 37.0 Å². The van der Waals surface area contributed by atoms with Crippen LogP contribution in [0.1, 0.15) is 11.9 Å². The molecule has 0 aromatic heterocycles. The number of rotatable bonds is 1. The van der Waals surface area contributed by atoms with Crippen molar-refractivity contribution in [2.75, 3.05) is 6.61 Å². The molecule has 19 heavy (non-hydrogen) atoms. The molecule has 6 nitrogen and oxygen atoms in total. The van der Waals surface area contributed by atoms with E-state index >= 15 is 0 Å². The molecule has 2 aliphatic heterocycles. The number of aliphatic hydroxyl groups is 3. The van der Waals surface area contributed by atoms with E-state index in [0.29, 0.717) is 0 Å². The van der Waals surface area contributed by atoms with E-state index in [2.05, 4.69) is 0 Å². The lowest BCUT2D eigenvalue weighted by molar-refractivity contribution is -0.354. The molecule has 0 bridgehead atoms. The van der Waals surface area contributed by atoms with Crippen LogP contribution in [-0.2, 0) is 14.2 Å². The molecule has 104 valence electrons. The fraction of sp³-hybridized carbons (Fsp3) is 0.538. The summed E-state index contributed by atoms with van der Waals surface area (Å²) in [6.07, 6.45) is -5.93. The van der Waals surface area contributed by atoms with Gasteiger partial charge in [0.05, 0.1) is 6.61 Å². The Bertz CT molecular complexity index is 422. The van der Waals surface area contributed by atoms with Gasteiger partial charge in [0.25, 0.3) is 0 Å². The van der Waals surface area contributed by atoms with Gasteiger partial charge in [-0.3, -0.25) is 0 Å². The fourth-order valence-corrected chi connectivity index (χ4v) is 2.37. The van der Waals surface area contributed by atoms with Crippen molar-refractivity contribution in [1.29, 1.82) is 0 Å². The topological polar surface area (TPSA) is 88.4 Å². The molecule has 1 aromatic carbocycles. The number of hydrogen-bond acceptors (Lipinski definition) is 6. The first-order valence-electron chi connectivity index (χ1n) is 6.18. The molecule has 2 heterocycles. The molecular formula is C13H16O6. The van der Waals surface area contributed by atoms with E-state index in [0.717, 1.165) is 5.56 Å². The maximum Gasteiger partial charge on any atom is 0.184 e. The summed E-state index contributed by atoms with van der Waals surface area (Å²) in [6.45, 7) is 0.186. The Kier molecular flexibility index (Phi) is 3.53. The summed E-state index contributed by atoms with van der Waals surface area (Å²) in [6, 6.07) is 9.31. The smallest absolute Gasteiger partial charge is 0.184 e. The SMILES string of the molecule is OC1C(O)[C@@H](O)O[C@H]2COC(c3ccccc3)O[C@H]12. The molecule has 0 saturated carbocycles. The number of ether oxygens (including phenoxy) is 3. The summed E-state index contributed by atoms with van der Waals surface area (Å²) in [4.78, 5) is 0. The van der Waals surface area contributed by atoms with Gasteiger partial charge in [-0.2, -0.15) is 0 Å². The van der Waals surface area contributed by atoms with Gasteiger partial charge in [0.1, 0.15) is 24.4 Å². The van der Waals surface area contributed by atoms with Crippen LogP contribution in [0.3, 0.4) is 0 Å². The van der Waals surface area contributed by atoms with E-state index in [1.165, 1.54) is 0 Å². The molecule has 3 rings (SSSR count). The van der Waals surface area contributed by atoms with Gasteiger partial charge in [0, 0.05) is 5.56 Å². The van der Waals surface area contributed by atoms with E-state index in [4.69, 9.17) is 14.2 Å². The molecule has 1 aromatic rings. The molecule has 2 aliphatic rings. The minimum Gasteiger partial charge on any atom is -0.387 e. The molecule has 6 heteroatoms. The van der Waals surface area contributed by atoms with Crippen LogP contribution in [0.25, 0.3) is 0 Å². The van der Waals surface area contributed by atoms with Crippen molar-refractivity contribution >= 4 is 0 Å². The number of benzene rings is 1. The van der Waals surface area contributed by atoms with Crippen molar-refractivity contribution in [3.05, 3.63) is 35.9 Å². The lowest BCUT2D eigenvalue weighted by Gasteiger charge is -2.45. The van der Waals surface area contributed by atoms with Gasteiger partial charge in [0.15, 0.2) is 12.6 Å². The van der Waals surface area contributed by atoms with Gasteiger partial charge in [-0.05, 0) is 0 Å². The highest BCUT2D eigenvalue weighted by atomic mass is 16.7. The Morgan fingerprint density at radius 3 is 2.42 bits per heavy atom. The van der Waals surface area contributed by atoms with Gasteiger partial charge >= 0.3 is 0 Å². The molecule has 2 fully saturated rings. The van der Waals surface area contributed by atoms with Crippen LogP contribution in [0.2, 0.25) is 0 Å². The van der Waals surface area contributed by atoms with Crippen molar-refractivity contribution in [2.24, 2.45) is 0 Å². The molecular weight excluding hydrogens is 252 g/mol. The predicted molar refractivity (Wildman–Crippen MR) is 62.9 cm³/mol. The molecule has 0 radical (unpaired) electrons. The van der Waals surface area contributed by atoms with Crippen LogP contribution in [0.5, 0.6) is 0 Å². The quantitative estimate of drug-likeness (QED) is 0.639. The Balaban J connectivity index is 1.75. The highest BCUT2D eigenvalue weighted by molar-refractivity contribution is 5.16. The summed E-state index contributed by atoms with van der Waals surface area (Å²) < 4.78 is 16.3. The van der Waals surface area contributed by atoms with E-state index in [9.17, 15) is 15.3 Å². The molecule has 0 amide bonds. The van der Waals surface area contributed by atoms with Crippen LogP contribution in [-0.4, -0.2) is 52.6 Å². The van der Waals surface area contributed by atoms with Gasteiger partial charge in [-0.15, -0.1) is 0 Å². The zero-order valence-electron chi connectivity index (χ0n) is 10.1. The van der Waals surface area contributed by atoms with Crippen LogP contribution in [0.4, 0.5) is 0 Å². The highest BCUT2D eigenvalue weighted by Gasteiger charge is 2.48. The van der Waals surface area contributed by atoms with Crippen molar-refractivity contribution in [3.8, 4) is 0 Å². The number of hydrogen-bond donors (Lipinski definition) is 3. The van der Waals surface area contributed by atoms with Gasteiger partial charge in [0.2, 0.25) is 0 Å². The average molecular weight is 268 g/mol. The lowest BCUT2D eigenvalue weighted by atomic mass is 9.98. The summed E-state index contributed by atoms with van der Waals surface area (Å²) in [7, 11) is 0. The second kappa shape index (κ2) is 5.16. The molecule has 3 unspecified atom stereocenters. The predicted octanol–water partition coefficient (Wildman–Crippen LogP) is -0.460. The largest absolute Gasteiger partial charge is 0.387 e. The summed E-state index contributed by atoms with van der Waals surface area (Å²) in [5, 5.41) is 29.0. The van der Waals surface area contributed by atoms with Crippen molar-refractivity contribution < 1.29 is 29.5 Å². The third-order valence-electron chi connectivity index (χ3n) is 3.42. The van der Waals surface area contributed by atoms with Crippen LogP contribution < -0.4 is 0 Å². The van der Waals surface area contributed by atoms with Gasteiger partial charge in [-0.25, -0.2) is 0 Å². The maximum absolute atomic E-state index is 9.94. The molecule has 2 saturated heterocycles. The van der Waals surface area contributed by atoms with Gasteiger partial charge in [-0.1, -0.05) is 30.3 Å². The van der Waals surface area contributed by atoms with Crippen LogP contribution in [0, 0.1) is 0 Å². The van der Waals surface area contributed by atoms with Crippen LogP contribution in [0.15, 0.2) is 30.3 Å². The maximum atomic E-state index is 9.94. The zero-order valence-corrected chi connectivity index (χ0v) is 10.1. The third kappa shape index (κ3) is 2.38. The van der Waals surface area contributed by atoms with E-state index in [-0.39, 0.29) is 6.61 Å². The van der Waals surface area contributed by atoms with Gasteiger partial charge < -0.3 is 29.5 Å². The van der Waals surface area contributed by atoms with E-state index in [1.807, 2.05) is 30.3 Å². The second-order valence-corrected chi connectivity index (χ2v) is 4.72. The van der Waals surface area contributed by atoms with Crippen molar-refractivity contribution in [1.82, 2.24) is 0 Å². The molecule has 0 aliphatic carbocycles. The fourth-order valence-electron chi connectivity index (χ4n) is 2.37. The number of fused-ring (bicyclic) bond motifs is 1. The average Bonchev–Trinajstić information content (AvgIpc) is 2.46. The first-order valence-corrected chi connectivity index (χ1v) is 6.18. The molecule has 6 atom stereocenters. The normalized spacial score (nSPS) is 42.7. The number of aliphatic hydroxyl groups excluding tert-OH is 3.